The number of carbonyl (C=O) groups excluding carboxylic acids is 2. The number of anilines is 2. The second kappa shape index (κ2) is 6.79. The molecule has 6 nitrogen and oxygen atoms in total. The van der Waals surface area contributed by atoms with Gasteiger partial charge in [-0.3, -0.25) is 9.59 Å². The van der Waals surface area contributed by atoms with Crippen LogP contribution in [0.25, 0.3) is 10.9 Å². The Morgan fingerprint density at radius 3 is 2.85 bits per heavy atom. The standard InChI is InChI=1S/C21H21N3O3/c1-23-12-14(16-5-3-4-6-17(16)23)7-10-20(25)22-15-8-9-19-18(11-15)24(2)21(26)13-27-19/h3-6,8-9,11-12H,7,10,13H2,1-2H3,(H,22,25). The van der Waals surface area contributed by atoms with Crippen molar-refractivity contribution >= 4 is 34.1 Å². The number of likely N-dealkylation sites (N-methyl/N-ethyl adjacent to an activating group) is 1. The number of hydrogen-bond donors (Lipinski definition) is 1. The lowest BCUT2D eigenvalue weighted by Gasteiger charge is -2.26. The van der Waals surface area contributed by atoms with Crippen molar-refractivity contribution < 1.29 is 14.3 Å². The predicted molar refractivity (Wildman–Crippen MR) is 105 cm³/mol. The first-order valence-electron chi connectivity index (χ1n) is 8.89. The molecule has 2 heterocycles. The van der Waals surface area contributed by atoms with Gasteiger partial charge in [0.25, 0.3) is 5.91 Å². The molecule has 0 fully saturated rings. The van der Waals surface area contributed by atoms with Crippen molar-refractivity contribution in [3.63, 3.8) is 0 Å². The number of amides is 2. The molecule has 2 amide bonds. The molecule has 1 aliphatic rings. The number of carbonyl (C=O) groups is 2. The van der Waals surface area contributed by atoms with Crippen LogP contribution in [0.5, 0.6) is 5.75 Å². The molecule has 6 heteroatoms. The molecule has 2 aromatic carbocycles. The van der Waals surface area contributed by atoms with Crippen LogP contribution in [0.4, 0.5) is 11.4 Å². The lowest BCUT2D eigenvalue weighted by atomic mass is 10.1. The maximum atomic E-state index is 12.4. The molecular weight excluding hydrogens is 342 g/mol. The number of aromatic nitrogens is 1. The van der Waals surface area contributed by atoms with E-state index in [0.29, 0.717) is 30.0 Å². The zero-order valence-corrected chi connectivity index (χ0v) is 15.4. The summed E-state index contributed by atoms with van der Waals surface area (Å²) in [6.07, 6.45) is 3.13. The molecule has 1 aliphatic heterocycles. The number of fused-ring (bicyclic) bond motifs is 2. The van der Waals surface area contributed by atoms with Crippen LogP contribution in [0, 0.1) is 0 Å². The second-order valence-electron chi connectivity index (χ2n) is 6.75. The molecule has 0 spiro atoms. The highest BCUT2D eigenvalue weighted by molar-refractivity contribution is 5.99. The third kappa shape index (κ3) is 3.26. The van der Waals surface area contributed by atoms with Crippen LogP contribution in [-0.4, -0.2) is 30.0 Å². The van der Waals surface area contributed by atoms with Crippen molar-refractivity contribution in [2.45, 2.75) is 12.8 Å². The second-order valence-corrected chi connectivity index (χ2v) is 6.75. The summed E-state index contributed by atoms with van der Waals surface area (Å²) in [5, 5.41) is 4.09. The highest BCUT2D eigenvalue weighted by Crippen LogP contribution is 2.33. The van der Waals surface area contributed by atoms with Gasteiger partial charge in [-0.25, -0.2) is 0 Å². The van der Waals surface area contributed by atoms with Crippen LogP contribution in [0.3, 0.4) is 0 Å². The van der Waals surface area contributed by atoms with Gasteiger partial charge in [-0.15, -0.1) is 0 Å². The Morgan fingerprint density at radius 1 is 1.19 bits per heavy atom. The minimum Gasteiger partial charge on any atom is -0.482 e. The largest absolute Gasteiger partial charge is 0.482 e. The zero-order chi connectivity index (χ0) is 19.0. The molecule has 0 bridgehead atoms. The number of rotatable bonds is 4. The van der Waals surface area contributed by atoms with E-state index >= 15 is 0 Å². The number of nitrogens with one attached hydrogen (secondary N) is 1. The molecule has 1 aromatic heterocycles. The van der Waals surface area contributed by atoms with Crippen molar-refractivity contribution in [2.75, 3.05) is 23.9 Å². The molecule has 0 saturated carbocycles. The van der Waals surface area contributed by atoms with Gasteiger partial charge in [0.15, 0.2) is 6.61 Å². The van der Waals surface area contributed by atoms with E-state index < -0.39 is 0 Å². The first kappa shape index (κ1) is 17.1. The van der Waals surface area contributed by atoms with Crippen LogP contribution >= 0.6 is 0 Å². The Morgan fingerprint density at radius 2 is 2.00 bits per heavy atom. The van der Waals surface area contributed by atoms with E-state index in [1.54, 1.807) is 30.1 Å². The fourth-order valence-corrected chi connectivity index (χ4v) is 3.45. The SMILES string of the molecule is CN1C(=O)COc2ccc(NC(=O)CCc3cn(C)c4ccccc34)cc21. The summed E-state index contributed by atoms with van der Waals surface area (Å²) in [5.41, 5.74) is 3.64. The fraction of sp³-hybridized carbons (Fsp3) is 0.238. The number of aryl methyl sites for hydroxylation is 2. The highest BCUT2D eigenvalue weighted by atomic mass is 16.5. The van der Waals surface area contributed by atoms with E-state index in [2.05, 4.69) is 28.2 Å². The van der Waals surface area contributed by atoms with Crippen LogP contribution in [0.1, 0.15) is 12.0 Å². The quantitative estimate of drug-likeness (QED) is 0.775. The van der Waals surface area contributed by atoms with Gasteiger partial charge >= 0.3 is 0 Å². The van der Waals surface area contributed by atoms with E-state index in [9.17, 15) is 9.59 Å². The van der Waals surface area contributed by atoms with Crippen molar-refractivity contribution in [3.8, 4) is 5.75 Å². The molecular formula is C21H21N3O3. The van der Waals surface area contributed by atoms with Gasteiger partial charge < -0.3 is 19.5 Å². The average Bonchev–Trinajstić information content (AvgIpc) is 3.00. The summed E-state index contributed by atoms with van der Waals surface area (Å²) in [6, 6.07) is 13.5. The maximum Gasteiger partial charge on any atom is 0.264 e. The van der Waals surface area contributed by atoms with Crippen molar-refractivity contribution in [1.29, 1.82) is 0 Å². The van der Waals surface area contributed by atoms with Gasteiger partial charge in [0.2, 0.25) is 5.91 Å². The Bertz CT molecular complexity index is 1040. The topological polar surface area (TPSA) is 63.6 Å². The smallest absolute Gasteiger partial charge is 0.264 e. The minimum atomic E-state index is -0.109. The van der Waals surface area contributed by atoms with E-state index in [0.717, 1.165) is 11.1 Å². The van der Waals surface area contributed by atoms with Gasteiger partial charge in [0.1, 0.15) is 5.75 Å². The summed E-state index contributed by atoms with van der Waals surface area (Å²) in [6.45, 7) is 0.0419. The Hall–Kier alpha value is -3.28. The third-order valence-corrected chi connectivity index (χ3v) is 4.93. The molecule has 0 unspecified atom stereocenters. The Balaban J connectivity index is 1.45. The first-order valence-corrected chi connectivity index (χ1v) is 8.89. The van der Waals surface area contributed by atoms with Crippen LogP contribution in [0.2, 0.25) is 0 Å². The molecule has 3 aromatic rings. The first-order chi connectivity index (χ1) is 13.0. The van der Waals surface area contributed by atoms with Crippen LogP contribution in [-0.2, 0) is 23.1 Å². The van der Waals surface area contributed by atoms with E-state index in [4.69, 9.17) is 4.74 Å². The molecule has 0 saturated heterocycles. The van der Waals surface area contributed by atoms with Gasteiger partial charge in [-0.2, -0.15) is 0 Å². The fourth-order valence-electron chi connectivity index (χ4n) is 3.45. The van der Waals surface area contributed by atoms with Crippen molar-refractivity contribution in [2.24, 2.45) is 7.05 Å². The average molecular weight is 363 g/mol. The van der Waals surface area contributed by atoms with Crippen LogP contribution in [0.15, 0.2) is 48.7 Å². The van der Waals surface area contributed by atoms with E-state index in [1.807, 2.05) is 19.2 Å². The number of hydrogen-bond acceptors (Lipinski definition) is 3. The van der Waals surface area contributed by atoms with Gasteiger partial charge in [-0.05, 0) is 36.2 Å². The highest BCUT2D eigenvalue weighted by Gasteiger charge is 2.22. The van der Waals surface area contributed by atoms with Gasteiger partial charge in [-0.1, -0.05) is 18.2 Å². The van der Waals surface area contributed by atoms with Gasteiger partial charge in [0.05, 0.1) is 5.69 Å². The maximum absolute atomic E-state index is 12.4. The van der Waals surface area contributed by atoms with Crippen molar-refractivity contribution in [3.05, 3.63) is 54.2 Å². The third-order valence-electron chi connectivity index (χ3n) is 4.93. The van der Waals surface area contributed by atoms with E-state index in [-0.39, 0.29) is 18.4 Å². The number of para-hydroxylation sites is 1. The number of ether oxygens (including phenoxy) is 1. The lowest BCUT2D eigenvalue weighted by molar-refractivity contribution is -0.121. The summed E-state index contributed by atoms with van der Waals surface area (Å²) in [5.74, 6) is 0.473. The summed E-state index contributed by atoms with van der Waals surface area (Å²) < 4.78 is 7.49. The van der Waals surface area contributed by atoms with Crippen molar-refractivity contribution in [1.82, 2.24) is 4.57 Å². The van der Waals surface area contributed by atoms with Gasteiger partial charge in [0, 0.05) is 43.3 Å². The zero-order valence-electron chi connectivity index (χ0n) is 15.4. The monoisotopic (exact) mass is 363 g/mol. The molecule has 4 rings (SSSR count). The Kier molecular flexibility index (Phi) is 4.32. The normalized spacial score (nSPS) is 13.4. The molecule has 27 heavy (non-hydrogen) atoms. The molecule has 0 aliphatic carbocycles. The summed E-state index contributed by atoms with van der Waals surface area (Å²) >= 11 is 0. The Labute approximate surface area is 157 Å². The molecule has 1 N–H and O–H groups in total. The van der Waals surface area contributed by atoms with Crippen LogP contribution < -0.4 is 15.0 Å². The lowest BCUT2D eigenvalue weighted by Crippen LogP contribution is -2.35. The predicted octanol–water partition coefficient (Wildman–Crippen LogP) is 3.10. The summed E-state index contributed by atoms with van der Waals surface area (Å²) in [4.78, 5) is 25.7. The molecule has 138 valence electrons. The molecule has 0 radical (unpaired) electrons. The summed E-state index contributed by atoms with van der Waals surface area (Å²) in [7, 11) is 3.72. The van der Waals surface area contributed by atoms with E-state index in [1.165, 1.54) is 5.39 Å². The molecule has 0 atom stereocenters. The minimum absolute atomic E-state index is 0.0419. The number of benzene rings is 2. The number of nitrogens with zero attached hydrogens (tertiary/aromatic N) is 2.